The highest BCUT2D eigenvalue weighted by molar-refractivity contribution is 5.76. The molecule has 6 N–H and O–H groups in total. The van der Waals surface area contributed by atoms with Crippen molar-refractivity contribution in [3.63, 3.8) is 0 Å². The van der Waals surface area contributed by atoms with Gasteiger partial charge in [-0.15, -0.1) is 0 Å². The summed E-state index contributed by atoms with van der Waals surface area (Å²) in [5.41, 5.74) is 0. The molecule has 9 nitrogen and oxygen atoms in total. The van der Waals surface area contributed by atoms with E-state index in [2.05, 4.69) is 92.1 Å². The number of unbranched alkanes of at least 4 members (excludes halogenated alkanes) is 18. The Bertz CT molecular complexity index is 1240. The molecular weight excluding hydrogens is 779 g/mol. The van der Waals surface area contributed by atoms with E-state index in [1.54, 1.807) is 6.08 Å². The van der Waals surface area contributed by atoms with Gasteiger partial charge in [-0.1, -0.05) is 195 Å². The predicted octanol–water partition coefficient (Wildman–Crippen LogP) is 11.1. The predicted molar refractivity (Wildman–Crippen MR) is 258 cm³/mol. The molecule has 0 aliphatic carbocycles. The zero-order valence-corrected chi connectivity index (χ0v) is 39.1. The number of carbonyl (C=O) groups excluding carboxylic acids is 1. The Labute approximate surface area is 378 Å². The van der Waals surface area contributed by atoms with E-state index in [1.807, 2.05) is 6.08 Å². The topological polar surface area (TPSA) is 149 Å². The minimum absolute atomic E-state index is 0.187. The highest BCUT2D eigenvalue weighted by Gasteiger charge is 2.44. The van der Waals surface area contributed by atoms with Gasteiger partial charge in [0.05, 0.1) is 25.4 Å². The lowest BCUT2D eigenvalue weighted by molar-refractivity contribution is -0.302. The average molecular weight is 870 g/mol. The molecular formula is C53H91NO8. The second-order valence-corrected chi connectivity index (χ2v) is 16.9. The Hall–Kier alpha value is -2.63. The van der Waals surface area contributed by atoms with E-state index in [0.717, 1.165) is 77.0 Å². The SMILES string of the molecule is CC/C=C\C/C=C\C/C=C\C/C=C\C/C=C\C/C=C\CCCCCCCCCCCCCCC(=O)NC(COC1OC(CO)C(O)C(O)C1O)C(O)/C=C/CCCCCCCC. The van der Waals surface area contributed by atoms with Crippen LogP contribution in [0.3, 0.4) is 0 Å². The van der Waals surface area contributed by atoms with Gasteiger partial charge in [0.2, 0.25) is 5.91 Å². The third kappa shape index (κ3) is 32.1. The summed E-state index contributed by atoms with van der Waals surface area (Å²) in [5.74, 6) is -0.187. The van der Waals surface area contributed by atoms with Crippen LogP contribution >= 0.6 is 0 Å². The lowest BCUT2D eigenvalue weighted by atomic mass is 9.99. The Morgan fingerprint density at radius 1 is 0.565 bits per heavy atom. The second kappa shape index (κ2) is 42.3. The molecule has 7 unspecified atom stereocenters. The number of nitrogens with one attached hydrogen (secondary N) is 1. The molecule has 1 amide bonds. The van der Waals surface area contributed by atoms with Crippen molar-refractivity contribution in [2.45, 2.75) is 230 Å². The van der Waals surface area contributed by atoms with E-state index < -0.39 is 49.5 Å². The lowest BCUT2D eigenvalue weighted by Crippen LogP contribution is -2.60. The normalized spacial score (nSPS) is 21.0. The molecule has 0 aromatic heterocycles. The summed E-state index contributed by atoms with van der Waals surface area (Å²) in [7, 11) is 0. The molecule has 0 aromatic rings. The smallest absolute Gasteiger partial charge is 0.220 e. The van der Waals surface area contributed by atoms with Gasteiger partial charge in [0.25, 0.3) is 0 Å². The molecule has 7 atom stereocenters. The van der Waals surface area contributed by atoms with Crippen molar-refractivity contribution in [1.82, 2.24) is 5.32 Å². The Balaban J connectivity index is 2.15. The number of aliphatic hydroxyl groups is 5. The molecule has 62 heavy (non-hydrogen) atoms. The van der Waals surface area contributed by atoms with Crippen molar-refractivity contribution in [2.75, 3.05) is 13.2 Å². The van der Waals surface area contributed by atoms with Gasteiger partial charge in [-0.05, 0) is 70.6 Å². The van der Waals surface area contributed by atoms with Crippen LogP contribution in [-0.4, -0.2) is 87.5 Å². The van der Waals surface area contributed by atoms with Crippen LogP contribution in [0.2, 0.25) is 0 Å². The minimum Gasteiger partial charge on any atom is -0.394 e. The van der Waals surface area contributed by atoms with Crippen molar-refractivity contribution < 1.29 is 39.8 Å². The lowest BCUT2D eigenvalue weighted by Gasteiger charge is -2.40. The third-order valence-corrected chi connectivity index (χ3v) is 11.2. The van der Waals surface area contributed by atoms with E-state index in [9.17, 15) is 30.3 Å². The zero-order chi connectivity index (χ0) is 45.1. The van der Waals surface area contributed by atoms with Crippen molar-refractivity contribution in [2.24, 2.45) is 0 Å². The van der Waals surface area contributed by atoms with Crippen LogP contribution < -0.4 is 5.32 Å². The van der Waals surface area contributed by atoms with Gasteiger partial charge < -0.3 is 40.3 Å². The number of hydrogen-bond acceptors (Lipinski definition) is 8. The summed E-state index contributed by atoms with van der Waals surface area (Å²) in [4.78, 5) is 12.9. The number of aliphatic hydroxyl groups excluding tert-OH is 5. The highest BCUT2D eigenvalue weighted by atomic mass is 16.7. The Kier molecular flexibility index (Phi) is 39.2. The van der Waals surface area contributed by atoms with Crippen LogP contribution in [0.25, 0.3) is 0 Å². The van der Waals surface area contributed by atoms with Crippen LogP contribution in [0.5, 0.6) is 0 Å². The Morgan fingerprint density at radius 3 is 1.48 bits per heavy atom. The fraction of sp³-hybridized carbons (Fsp3) is 0.717. The largest absolute Gasteiger partial charge is 0.394 e. The molecule has 0 aromatic carbocycles. The first-order valence-corrected chi connectivity index (χ1v) is 24.8. The number of allylic oxidation sites excluding steroid dienone is 13. The van der Waals surface area contributed by atoms with E-state index in [-0.39, 0.29) is 12.5 Å². The summed E-state index contributed by atoms with van der Waals surface area (Å²) < 4.78 is 11.2. The summed E-state index contributed by atoms with van der Waals surface area (Å²) in [5, 5.41) is 54.0. The summed E-state index contributed by atoms with van der Waals surface area (Å²) in [6.07, 6.45) is 52.3. The van der Waals surface area contributed by atoms with E-state index in [0.29, 0.717) is 6.42 Å². The molecule has 1 heterocycles. The molecule has 1 aliphatic heterocycles. The number of hydrogen-bond donors (Lipinski definition) is 6. The van der Waals surface area contributed by atoms with Crippen molar-refractivity contribution in [1.29, 1.82) is 0 Å². The monoisotopic (exact) mass is 870 g/mol. The van der Waals surface area contributed by atoms with Crippen LogP contribution in [0.15, 0.2) is 85.1 Å². The van der Waals surface area contributed by atoms with Gasteiger partial charge in [-0.3, -0.25) is 4.79 Å². The number of amides is 1. The molecule has 1 aliphatic rings. The first-order valence-electron chi connectivity index (χ1n) is 24.8. The molecule has 0 bridgehead atoms. The molecule has 1 rings (SSSR count). The van der Waals surface area contributed by atoms with Gasteiger partial charge in [-0.25, -0.2) is 0 Å². The maximum absolute atomic E-state index is 12.9. The Morgan fingerprint density at radius 2 is 1.00 bits per heavy atom. The quantitative estimate of drug-likeness (QED) is 0.0263. The summed E-state index contributed by atoms with van der Waals surface area (Å²) in [6.45, 7) is 3.60. The average Bonchev–Trinajstić information content (AvgIpc) is 3.27. The number of rotatable bonds is 40. The fourth-order valence-electron chi connectivity index (χ4n) is 7.28. The van der Waals surface area contributed by atoms with Gasteiger partial charge in [0.1, 0.15) is 24.4 Å². The van der Waals surface area contributed by atoms with Gasteiger partial charge in [0.15, 0.2) is 6.29 Å². The van der Waals surface area contributed by atoms with Crippen LogP contribution in [0.4, 0.5) is 0 Å². The zero-order valence-electron chi connectivity index (χ0n) is 39.1. The number of carbonyl (C=O) groups is 1. The maximum atomic E-state index is 12.9. The molecule has 0 spiro atoms. The van der Waals surface area contributed by atoms with Crippen LogP contribution in [0, 0.1) is 0 Å². The second-order valence-electron chi connectivity index (χ2n) is 16.9. The van der Waals surface area contributed by atoms with Gasteiger partial charge in [0, 0.05) is 6.42 Å². The van der Waals surface area contributed by atoms with E-state index in [1.165, 1.54) is 89.9 Å². The molecule has 356 valence electrons. The molecule has 0 saturated carbocycles. The maximum Gasteiger partial charge on any atom is 0.220 e. The van der Waals surface area contributed by atoms with E-state index in [4.69, 9.17) is 9.47 Å². The van der Waals surface area contributed by atoms with Crippen LogP contribution in [0.1, 0.15) is 187 Å². The molecule has 9 heteroatoms. The standard InChI is InChI=1S/C53H91NO8/c1-3-5-7-9-11-13-14-15-16-17-18-19-20-21-22-23-24-25-26-27-28-29-30-31-32-33-34-35-37-39-41-43-49(57)54-46(47(56)42-40-38-36-12-10-8-6-4-2)45-61-53-52(60)51(59)50(58)48(44-55)62-53/h5,7,11,13,15-16,18-19,21-22,24-25,40,42,46-48,50-53,55-56,58-60H,3-4,6,8-10,12,14,17,20,23,26-39,41,43-45H2,1-2H3,(H,54,57)/b7-5-,13-11-,16-15-,19-18-,22-21-,25-24-,42-40+. The fourth-order valence-corrected chi connectivity index (χ4v) is 7.28. The first-order chi connectivity index (χ1) is 30.3. The molecule has 1 saturated heterocycles. The van der Waals surface area contributed by atoms with E-state index >= 15 is 0 Å². The molecule has 1 fully saturated rings. The van der Waals surface area contributed by atoms with Crippen molar-refractivity contribution >= 4 is 5.91 Å². The van der Waals surface area contributed by atoms with Crippen molar-refractivity contribution in [3.05, 3.63) is 85.1 Å². The van der Waals surface area contributed by atoms with Gasteiger partial charge >= 0.3 is 0 Å². The summed E-state index contributed by atoms with van der Waals surface area (Å²) >= 11 is 0. The number of ether oxygens (including phenoxy) is 2. The third-order valence-electron chi connectivity index (χ3n) is 11.2. The first kappa shape index (κ1) is 57.4. The molecule has 0 radical (unpaired) electrons. The minimum atomic E-state index is -1.57. The van der Waals surface area contributed by atoms with Crippen LogP contribution in [-0.2, 0) is 14.3 Å². The summed E-state index contributed by atoms with van der Waals surface area (Å²) in [6, 6.07) is -0.807. The van der Waals surface area contributed by atoms with Crippen molar-refractivity contribution in [3.8, 4) is 0 Å². The highest BCUT2D eigenvalue weighted by Crippen LogP contribution is 2.22. The van der Waals surface area contributed by atoms with Gasteiger partial charge in [-0.2, -0.15) is 0 Å².